The molecule has 0 fully saturated rings. The number of rotatable bonds is 2. The van der Waals surface area contributed by atoms with Gasteiger partial charge in [-0.05, 0) is 49.2 Å². The molecule has 0 spiro atoms. The number of aromatic hydroxyl groups is 2. The van der Waals surface area contributed by atoms with Crippen molar-refractivity contribution in [2.24, 2.45) is 0 Å². The van der Waals surface area contributed by atoms with Crippen molar-refractivity contribution in [3.63, 3.8) is 0 Å². The van der Waals surface area contributed by atoms with E-state index in [4.69, 9.17) is 10.2 Å². The van der Waals surface area contributed by atoms with Crippen molar-refractivity contribution in [1.82, 2.24) is 0 Å². The summed E-state index contributed by atoms with van der Waals surface area (Å²) < 4.78 is 63.2. The van der Waals surface area contributed by atoms with Crippen molar-refractivity contribution < 1.29 is 56.6 Å². The van der Waals surface area contributed by atoms with Crippen LogP contribution in [0.15, 0.2) is 46.2 Å². The third-order valence-corrected chi connectivity index (χ3v) is 4.84. The minimum Gasteiger partial charge on any atom is -0.744 e. The molecular weight excluding hydrogens is 467 g/mol. The van der Waals surface area contributed by atoms with Crippen molar-refractivity contribution in [3.05, 3.63) is 47.5 Å². The van der Waals surface area contributed by atoms with Crippen LogP contribution in [-0.4, -0.2) is 36.2 Å². The van der Waals surface area contributed by atoms with Crippen LogP contribution in [0.3, 0.4) is 0 Å². The number of hydrogen-bond acceptors (Lipinski definition) is 8. The molecule has 0 saturated heterocycles. The van der Waals surface area contributed by atoms with Gasteiger partial charge < -0.3 is 19.3 Å². The summed E-state index contributed by atoms with van der Waals surface area (Å²) in [7, 11) is -8.93. The Hall–Kier alpha value is -1.48. The van der Waals surface area contributed by atoms with E-state index in [1.165, 1.54) is 38.1 Å². The molecule has 0 aromatic heterocycles. The summed E-state index contributed by atoms with van der Waals surface area (Å²) in [6.45, 7) is 2.98. The van der Waals surface area contributed by atoms with E-state index in [1.807, 2.05) is 0 Å². The molecule has 2 N–H and O–H groups in total. The van der Waals surface area contributed by atoms with Gasteiger partial charge in [-0.3, -0.25) is 0 Å². The van der Waals surface area contributed by atoms with Gasteiger partial charge in [0.25, 0.3) is 0 Å². The molecule has 0 unspecified atom stereocenters. The quantitative estimate of drug-likeness (QED) is 0.480. The van der Waals surface area contributed by atoms with Crippen LogP contribution in [0.1, 0.15) is 11.1 Å². The maximum Gasteiger partial charge on any atom is 2.00 e. The summed E-state index contributed by atoms with van der Waals surface area (Å²) >= 11 is 0. The molecule has 0 aliphatic carbocycles. The number of hydrogen-bond donors (Lipinski definition) is 2. The second-order valence-corrected chi connectivity index (χ2v) is 7.50. The first-order valence-corrected chi connectivity index (χ1v) is 9.15. The van der Waals surface area contributed by atoms with Gasteiger partial charge in [-0.15, -0.1) is 0 Å². The average Bonchev–Trinajstić information content (AvgIpc) is 2.42. The van der Waals surface area contributed by atoms with E-state index < -0.39 is 20.2 Å². The van der Waals surface area contributed by atoms with Gasteiger partial charge in [0.2, 0.25) is 0 Å². The van der Waals surface area contributed by atoms with Crippen molar-refractivity contribution in [2.75, 3.05) is 0 Å². The van der Waals surface area contributed by atoms with Crippen molar-refractivity contribution >= 4 is 20.2 Å². The Morgan fingerprint density at radius 3 is 1.20 bits per heavy atom. The van der Waals surface area contributed by atoms with Gasteiger partial charge in [-0.1, -0.05) is 12.1 Å². The summed E-state index contributed by atoms with van der Waals surface area (Å²) in [5.41, 5.74) is 0.672. The van der Waals surface area contributed by atoms with Crippen molar-refractivity contribution in [1.29, 1.82) is 0 Å². The molecule has 2 aromatic carbocycles. The largest absolute Gasteiger partial charge is 2.00 e. The third kappa shape index (κ3) is 7.11. The Kier molecular flexibility index (Phi) is 8.24. The fourth-order valence-corrected chi connectivity index (χ4v) is 3.17. The fraction of sp³-hybridized carbons (Fsp3) is 0.143. The topological polar surface area (TPSA) is 155 Å². The first-order valence-electron chi connectivity index (χ1n) is 6.33. The number of aryl methyl sites for hydroxylation is 2. The van der Waals surface area contributed by atoms with Crippen LogP contribution >= 0.6 is 0 Å². The zero-order valence-corrected chi connectivity index (χ0v) is 16.1. The summed E-state index contributed by atoms with van der Waals surface area (Å²) in [4.78, 5) is -0.745. The second-order valence-electron chi connectivity index (χ2n) is 4.81. The smallest absolute Gasteiger partial charge is 0.744 e. The monoisotopic (exact) mass is 480 g/mol. The Morgan fingerprint density at radius 1 is 0.720 bits per heavy atom. The van der Waals surface area contributed by atoms with Gasteiger partial charge in [0, 0.05) is 0 Å². The van der Waals surface area contributed by atoms with Crippen LogP contribution in [-0.2, 0) is 40.7 Å². The predicted octanol–water partition coefficient (Wildman–Crippen LogP) is 1.21. The average molecular weight is 481 g/mol. The zero-order chi connectivity index (χ0) is 18.7. The summed E-state index contributed by atoms with van der Waals surface area (Å²) in [6.07, 6.45) is 0. The van der Waals surface area contributed by atoms with Crippen LogP contribution < -0.4 is 0 Å². The van der Waals surface area contributed by atoms with Gasteiger partial charge in [0.05, 0.1) is 9.79 Å². The molecule has 140 valence electrons. The molecule has 0 aliphatic rings. The molecular formula is C14H14O8PdS2. The normalized spacial score (nSPS) is 11.0. The first-order chi connectivity index (χ1) is 10.8. The number of phenolic OH excluding ortho intramolecular Hbond substituents is 2. The molecule has 0 saturated carbocycles. The fourth-order valence-electron chi connectivity index (χ4n) is 1.72. The third-order valence-electron chi connectivity index (χ3n) is 2.88. The van der Waals surface area contributed by atoms with Crippen LogP contribution in [0.2, 0.25) is 0 Å². The Labute approximate surface area is 159 Å². The molecule has 0 atom stereocenters. The summed E-state index contributed by atoms with van der Waals surface area (Å²) in [6, 6.07) is 7.28. The van der Waals surface area contributed by atoms with Gasteiger partial charge in [0.1, 0.15) is 31.7 Å². The molecule has 0 amide bonds. The maximum absolute atomic E-state index is 10.5. The van der Waals surface area contributed by atoms with E-state index >= 15 is 0 Å². The van der Waals surface area contributed by atoms with Crippen molar-refractivity contribution in [2.45, 2.75) is 23.6 Å². The van der Waals surface area contributed by atoms with E-state index in [9.17, 15) is 25.9 Å². The predicted molar refractivity (Wildman–Crippen MR) is 81.6 cm³/mol. The summed E-state index contributed by atoms with van der Waals surface area (Å²) in [5.74, 6) is -0.454. The Bertz CT molecular complexity index is 873. The number of phenols is 2. The molecule has 0 heterocycles. The van der Waals surface area contributed by atoms with Gasteiger partial charge in [-0.2, -0.15) is 0 Å². The van der Waals surface area contributed by atoms with E-state index in [1.54, 1.807) is 0 Å². The number of benzene rings is 2. The van der Waals surface area contributed by atoms with E-state index in [2.05, 4.69) is 0 Å². The van der Waals surface area contributed by atoms with E-state index in [-0.39, 0.29) is 41.7 Å². The Balaban J connectivity index is 0.000000443. The summed E-state index contributed by atoms with van der Waals surface area (Å²) in [5, 5.41) is 17.8. The molecule has 0 radical (unpaired) electrons. The van der Waals surface area contributed by atoms with Crippen molar-refractivity contribution in [3.8, 4) is 11.5 Å². The van der Waals surface area contributed by atoms with E-state index in [0.717, 1.165) is 12.1 Å². The van der Waals surface area contributed by atoms with E-state index in [0.29, 0.717) is 11.1 Å². The van der Waals surface area contributed by atoms with Crippen LogP contribution in [0, 0.1) is 13.8 Å². The molecule has 0 bridgehead atoms. The van der Waals surface area contributed by atoms with Crippen LogP contribution in [0.4, 0.5) is 0 Å². The standard InChI is InChI=1S/2C7H8O4S.Pd/c2*1-5-2-3-6(8)4-7(5)12(9,10)11;/h2*2-4,8H,1H3,(H,9,10,11);/q;;+2/p-2. The molecule has 11 heteroatoms. The van der Waals surface area contributed by atoms with Gasteiger partial charge in [-0.25, -0.2) is 16.8 Å². The molecule has 2 aromatic rings. The minimum atomic E-state index is -4.47. The first kappa shape index (κ1) is 23.5. The van der Waals surface area contributed by atoms with Crippen LogP contribution in [0.25, 0.3) is 0 Å². The molecule has 0 aliphatic heterocycles. The van der Waals surface area contributed by atoms with Gasteiger partial charge in [0.15, 0.2) is 0 Å². The second kappa shape index (κ2) is 8.75. The minimum absolute atomic E-state index is 0. The SMILES string of the molecule is Cc1ccc(O)cc1S(=O)(=O)[O-].Cc1ccc(O)cc1S(=O)(=O)[O-].[Pd+2]. The van der Waals surface area contributed by atoms with Gasteiger partial charge >= 0.3 is 20.4 Å². The zero-order valence-electron chi connectivity index (χ0n) is 12.9. The molecule has 8 nitrogen and oxygen atoms in total. The Morgan fingerprint density at radius 2 is 1.00 bits per heavy atom. The maximum atomic E-state index is 10.5. The van der Waals surface area contributed by atoms with Crippen LogP contribution in [0.5, 0.6) is 11.5 Å². The molecule has 2 rings (SSSR count). The molecule has 25 heavy (non-hydrogen) atoms.